The Morgan fingerprint density at radius 2 is 1.56 bits per heavy atom. The molecule has 3 heterocycles. The van der Waals surface area contributed by atoms with E-state index in [1.807, 2.05) is 23.1 Å². The Kier molecular flexibility index (Phi) is 6.50. The standard InChI is InChI=1S/C28H29N3O5/c1-35-22-7-3-18(4-8-22)14-26(32)29-24-11-12-25-21-13-19(16-31(25)28(24)34)15-30(17-21)27(33)20-5-9-23(36-2)10-6-20/h3-12,19,21H,13-17H2,1-2H3,(H,29,32)/t19-,21-/m1/s1. The number of piperidine rings is 1. The lowest BCUT2D eigenvalue weighted by atomic mass is 9.83. The highest BCUT2D eigenvalue weighted by Crippen LogP contribution is 2.36. The number of methoxy groups -OCH3 is 2. The highest BCUT2D eigenvalue weighted by atomic mass is 16.5. The van der Waals surface area contributed by atoms with E-state index in [2.05, 4.69) is 5.32 Å². The largest absolute Gasteiger partial charge is 0.497 e. The molecule has 2 aliphatic rings. The first kappa shape index (κ1) is 23.7. The van der Waals surface area contributed by atoms with Gasteiger partial charge in [-0.25, -0.2) is 0 Å². The second-order valence-corrected chi connectivity index (χ2v) is 9.40. The van der Waals surface area contributed by atoms with E-state index < -0.39 is 0 Å². The number of anilines is 1. The third-order valence-corrected chi connectivity index (χ3v) is 7.03. The lowest BCUT2D eigenvalue weighted by Gasteiger charge is -2.43. The van der Waals surface area contributed by atoms with Gasteiger partial charge in [0, 0.05) is 36.8 Å². The van der Waals surface area contributed by atoms with Crippen molar-refractivity contribution in [2.24, 2.45) is 5.92 Å². The summed E-state index contributed by atoms with van der Waals surface area (Å²) in [5.74, 6) is 1.44. The number of amides is 2. The first-order valence-corrected chi connectivity index (χ1v) is 12.0. The molecule has 2 aliphatic heterocycles. The van der Waals surface area contributed by atoms with Crippen molar-refractivity contribution in [3.05, 3.63) is 87.8 Å². The predicted octanol–water partition coefficient (Wildman–Crippen LogP) is 3.31. The molecule has 0 spiro atoms. The number of aromatic nitrogens is 1. The van der Waals surface area contributed by atoms with Gasteiger partial charge in [0.15, 0.2) is 0 Å². The molecule has 36 heavy (non-hydrogen) atoms. The molecule has 0 unspecified atom stereocenters. The summed E-state index contributed by atoms with van der Waals surface area (Å²) in [6.45, 7) is 1.69. The van der Waals surface area contributed by atoms with Crippen molar-refractivity contribution < 1.29 is 19.1 Å². The van der Waals surface area contributed by atoms with E-state index in [-0.39, 0.29) is 41.3 Å². The summed E-state index contributed by atoms with van der Waals surface area (Å²) in [5.41, 5.74) is 2.46. The van der Waals surface area contributed by atoms with E-state index in [0.29, 0.717) is 30.9 Å². The molecule has 2 bridgehead atoms. The maximum atomic E-state index is 13.3. The van der Waals surface area contributed by atoms with E-state index in [1.165, 1.54) is 0 Å². The molecule has 0 aliphatic carbocycles. The fourth-order valence-electron chi connectivity index (χ4n) is 5.25. The van der Waals surface area contributed by atoms with Crippen molar-refractivity contribution >= 4 is 17.5 Å². The number of benzene rings is 2. The van der Waals surface area contributed by atoms with E-state index in [4.69, 9.17) is 9.47 Å². The number of rotatable bonds is 6. The summed E-state index contributed by atoms with van der Waals surface area (Å²) in [6, 6.07) is 18.0. The SMILES string of the molecule is COc1ccc(CC(=O)Nc2ccc3n(c2=O)C[C@@H]2C[C@@H]3CN(C(=O)c3ccc(OC)cc3)C2)cc1. The Bertz CT molecular complexity index is 1330. The Hall–Kier alpha value is -4.07. The minimum Gasteiger partial charge on any atom is -0.497 e. The second-order valence-electron chi connectivity index (χ2n) is 9.40. The molecular weight excluding hydrogens is 458 g/mol. The molecule has 2 aromatic carbocycles. The Morgan fingerprint density at radius 3 is 2.22 bits per heavy atom. The Morgan fingerprint density at radius 1 is 0.889 bits per heavy atom. The van der Waals surface area contributed by atoms with Gasteiger partial charge in [-0.2, -0.15) is 0 Å². The van der Waals surface area contributed by atoms with Gasteiger partial charge in [-0.3, -0.25) is 14.4 Å². The number of carbonyl (C=O) groups excluding carboxylic acids is 2. The summed E-state index contributed by atoms with van der Waals surface area (Å²) in [5, 5.41) is 2.78. The predicted molar refractivity (Wildman–Crippen MR) is 136 cm³/mol. The van der Waals surface area contributed by atoms with Crippen LogP contribution in [-0.2, 0) is 17.8 Å². The maximum Gasteiger partial charge on any atom is 0.274 e. The monoisotopic (exact) mass is 487 g/mol. The lowest BCUT2D eigenvalue weighted by Crippen LogP contribution is -2.49. The number of fused-ring (bicyclic) bond motifs is 4. The molecular formula is C28H29N3O5. The average Bonchev–Trinajstić information content (AvgIpc) is 2.90. The summed E-state index contributed by atoms with van der Waals surface area (Å²) < 4.78 is 12.1. The average molecular weight is 488 g/mol. The molecule has 0 radical (unpaired) electrons. The van der Waals surface area contributed by atoms with E-state index in [9.17, 15) is 14.4 Å². The zero-order valence-corrected chi connectivity index (χ0v) is 20.4. The lowest BCUT2D eigenvalue weighted by molar-refractivity contribution is -0.115. The van der Waals surface area contributed by atoms with Crippen LogP contribution in [-0.4, -0.2) is 48.6 Å². The van der Waals surface area contributed by atoms with Gasteiger partial charge < -0.3 is 24.3 Å². The number of hydrogen-bond acceptors (Lipinski definition) is 5. The number of hydrogen-bond donors (Lipinski definition) is 1. The van der Waals surface area contributed by atoms with Crippen molar-refractivity contribution in [1.29, 1.82) is 0 Å². The van der Waals surface area contributed by atoms with Crippen LogP contribution in [0.25, 0.3) is 0 Å². The van der Waals surface area contributed by atoms with Crippen molar-refractivity contribution in [3.8, 4) is 11.5 Å². The first-order chi connectivity index (χ1) is 17.4. The number of likely N-dealkylation sites (tertiary alicyclic amines) is 1. The molecule has 5 rings (SSSR count). The topological polar surface area (TPSA) is 89.9 Å². The van der Waals surface area contributed by atoms with Crippen LogP contribution in [0.15, 0.2) is 65.5 Å². The van der Waals surface area contributed by atoms with Crippen LogP contribution in [0.4, 0.5) is 5.69 Å². The molecule has 1 saturated heterocycles. The molecule has 3 aromatic rings. The fourth-order valence-corrected chi connectivity index (χ4v) is 5.25. The van der Waals surface area contributed by atoms with Crippen molar-refractivity contribution in [1.82, 2.24) is 9.47 Å². The Balaban J connectivity index is 1.29. The highest BCUT2D eigenvalue weighted by Gasteiger charge is 2.37. The summed E-state index contributed by atoms with van der Waals surface area (Å²) >= 11 is 0. The van der Waals surface area contributed by atoms with Gasteiger partial charge in [-0.05, 0) is 66.4 Å². The van der Waals surface area contributed by atoms with E-state index in [0.717, 1.165) is 23.4 Å². The molecule has 0 saturated carbocycles. The van der Waals surface area contributed by atoms with Crippen LogP contribution in [0.3, 0.4) is 0 Å². The van der Waals surface area contributed by atoms with Gasteiger partial charge in [0.2, 0.25) is 5.91 Å². The molecule has 1 aromatic heterocycles. The third-order valence-electron chi connectivity index (χ3n) is 7.03. The van der Waals surface area contributed by atoms with Gasteiger partial charge in [0.25, 0.3) is 11.5 Å². The smallest absolute Gasteiger partial charge is 0.274 e. The van der Waals surface area contributed by atoms with Gasteiger partial charge in [0.05, 0.1) is 20.6 Å². The Labute approximate surface area is 209 Å². The minimum atomic E-state index is -0.245. The van der Waals surface area contributed by atoms with Crippen molar-refractivity contribution in [2.75, 3.05) is 32.6 Å². The summed E-state index contributed by atoms with van der Waals surface area (Å²) in [6.07, 6.45) is 1.11. The number of carbonyl (C=O) groups is 2. The van der Waals surface area contributed by atoms with Crippen LogP contribution in [0, 0.1) is 5.92 Å². The number of nitrogens with one attached hydrogen (secondary N) is 1. The van der Waals surface area contributed by atoms with Crippen LogP contribution >= 0.6 is 0 Å². The normalized spacial score (nSPS) is 18.2. The first-order valence-electron chi connectivity index (χ1n) is 12.0. The van der Waals surface area contributed by atoms with Crippen LogP contribution < -0.4 is 20.3 Å². The number of ether oxygens (including phenoxy) is 2. The van der Waals surface area contributed by atoms with Crippen LogP contribution in [0.1, 0.15) is 34.0 Å². The molecule has 1 fully saturated rings. The van der Waals surface area contributed by atoms with Crippen molar-refractivity contribution in [2.45, 2.75) is 25.3 Å². The molecule has 8 nitrogen and oxygen atoms in total. The zero-order valence-electron chi connectivity index (χ0n) is 20.4. The van der Waals surface area contributed by atoms with Gasteiger partial charge in [-0.15, -0.1) is 0 Å². The van der Waals surface area contributed by atoms with Gasteiger partial charge in [0.1, 0.15) is 17.2 Å². The van der Waals surface area contributed by atoms with Gasteiger partial charge in [-0.1, -0.05) is 12.1 Å². The van der Waals surface area contributed by atoms with Crippen LogP contribution in [0.5, 0.6) is 11.5 Å². The van der Waals surface area contributed by atoms with Gasteiger partial charge >= 0.3 is 0 Å². The number of pyridine rings is 1. The van der Waals surface area contributed by atoms with Crippen LogP contribution in [0.2, 0.25) is 0 Å². The second kappa shape index (κ2) is 9.89. The summed E-state index contributed by atoms with van der Waals surface area (Å²) in [7, 11) is 3.19. The zero-order chi connectivity index (χ0) is 25.2. The molecule has 8 heteroatoms. The van der Waals surface area contributed by atoms with Crippen molar-refractivity contribution in [3.63, 3.8) is 0 Å². The minimum absolute atomic E-state index is 0.00874. The molecule has 2 atom stereocenters. The molecule has 186 valence electrons. The molecule has 2 amide bonds. The maximum absolute atomic E-state index is 13.3. The van der Waals surface area contributed by atoms with E-state index >= 15 is 0 Å². The quantitative estimate of drug-likeness (QED) is 0.576. The highest BCUT2D eigenvalue weighted by molar-refractivity contribution is 5.94. The number of nitrogens with zero attached hydrogens (tertiary/aromatic N) is 2. The molecule has 1 N–H and O–H groups in total. The third kappa shape index (κ3) is 4.71. The fraction of sp³-hybridized carbons (Fsp3) is 0.321. The van der Waals surface area contributed by atoms with E-state index in [1.54, 1.807) is 61.3 Å². The summed E-state index contributed by atoms with van der Waals surface area (Å²) in [4.78, 5) is 40.9.